The summed E-state index contributed by atoms with van der Waals surface area (Å²) in [7, 11) is -3.83. The van der Waals surface area contributed by atoms with Crippen LogP contribution in [0.4, 0.5) is 17.1 Å². The van der Waals surface area contributed by atoms with Crippen LogP contribution < -0.4 is 14.7 Å². The second kappa shape index (κ2) is 9.77. The van der Waals surface area contributed by atoms with Gasteiger partial charge in [0.15, 0.2) is 0 Å². The molecule has 1 aliphatic rings. The summed E-state index contributed by atoms with van der Waals surface area (Å²) in [6.07, 6.45) is 0. The minimum Gasteiger partial charge on any atom is -0.858 e. The van der Waals surface area contributed by atoms with Gasteiger partial charge >= 0.3 is 0 Å². The number of thiophene rings is 1. The number of aryl methyl sites for hydroxylation is 3. The molecular weight excluding hydrogens is 470 g/mol. The molecule has 180 valence electrons. The normalized spacial score (nSPS) is 14.9. The molecule has 7 nitrogen and oxygen atoms in total. The molecule has 1 fully saturated rings. The number of hydrogen-bond acceptors (Lipinski definition) is 7. The van der Waals surface area contributed by atoms with Gasteiger partial charge in [0.05, 0.1) is 34.4 Å². The summed E-state index contributed by atoms with van der Waals surface area (Å²) in [5, 5.41) is 14.9. The molecule has 3 aromatic rings. The first-order valence-electron chi connectivity index (χ1n) is 11.0. The highest BCUT2D eigenvalue weighted by Gasteiger charge is 2.20. The third-order valence-electron chi connectivity index (χ3n) is 5.87. The van der Waals surface area contributed by atoms with Crippen molar-refractivity contribution < 1.29 is 18.3 Å². The summed E-state index contributed by atoms with van der Waals surface area (Å²) >= 11 is 1.17. The highest BCUT2D eigenvalue weighted by Crippen LogP contribution is 2.36. The first-order chi connectivity index (χ1) is 16.2. The second-order valence-corrected chi connectivity index (χ2v) is 11.0. The maximum absolute atomic E-state index is 13.2. The minimum absolute atomic E-state index is 0.139. The van der Waals surface area contributed by atoms with E-state index in [0.29, 0.717) is 18.9 Å². The third kappa shape index (κ3) is 4.96. The standard InChI is InChI=1S/C25H29N3O4S2/c1-16-5-7-20(8-6-16)34(30,31)27-21-9-14-33-24(21)25(29)26-22-17(2)15-18(3)23(19(22)4)28-10-12-32-13-11-28/h5-9,14-15,27H,10-13H2,1-4H3,(H,26,29)/p-1. The van der Waals surface area contributed by atoms with Crippen LogP contribution in [-0.4, -0.2) is 40.6 Å². The molecule has 2 heterocycles. The molecule has 34 heavy (non-hydrogen) atoms. The summed E-state index contributed by atoms with van der Waals surface area (Å²) in [6.45, 7) is 10.8. The average Bonchev–Trinajstić information content (AvgIpc) is 3.25. The van der Waals surface area contributed by atoms with Crippen molar-refractivity contribution in [2.45, 2.75) is 32.6 Å². The Morgan fingerprint density at radius 2 is 1.74 bits per heavy atom. The lowest BCUT2D eigenvalue weighted by molar-refractivity contribution is -0.212. The number of morpholine rings is 1. The Morgan fingerprint density at radius 3 is 2.41 bits per heavy atom. The number of aliphatic imine (C=N–C) groups is 1. The van der Waals surface area contributed by atoms with Crippen LogP contribution in [0.1, 0.15) is 27.1 Å². The summed E-state index contributed by atoms with van der Waals surface area (Å²) in [5.74, 6) is -0.473. The molecule has 0 radical (unpaired) electrons. The minimum atomic E-state index is -3.83. The third-order valence-corrected chi connectivity index (χ3v) is 8.15. The predicted molar refractivity (Wildman–Crippen MR) is 136 cm³/mol. The van der Waals surface area contributed by atoms with Crippen LogP contribution in [0.15, 0.2) is 51.7 Å². The van der Waals surface area contributed by atoms with Crippen LogP contribution in [0, 0.1) is 27.7 Å². The Labute approximate surface area is 204 Å². The van der Waals surface area contributed by atoms with Crippen molar-refractivity contribution in [1.82, 2.24) is 0 Å². The number of ether oxygens (including phenoxy) is 1. The van der Waals surface area contributed by atoms with E-state index in [0.717, 1.165) is 41.0 Å². The Kier molecular flexibility index (Phi) is 6.97. The molecular formula is C25H28N3O4S2-. The van der Waals surface area contributed by atoms with E-state index >= 15 is 0 Å². The van der Waals surface area contributed by atoms with Crippen LogP contribution in [0.3, 0.4) is 0 Å². The zero-order valence-electron chi connectivity index (χ0n) is 19.7. The van der Waals surface area contributed by atoms with Crippen LogP contribution in [0.2, 0.25) is 0 Å². The number of rotatable bonds is 6. The van der Waals surface area contributed by atoms with Crippen molar-refractivity contribution >= 4 is 44.3 Å². The van der Waals surface area contributed by atoms with E-state index in [1.54, 1.807) is 35.7 Å². The number of anilines is 2. The molecule has 1 saturated heterocycles. The Bertz CT molecular complexity index is 1320. The monoisotopic (exact) mass is 498 g/mol. The molecule has 0 amide bonds. The first-order valence-corrected chi connectivity index (χ1v) is 13.4. The molecule has 0 spiro atoms. The Hall–Kier alpha value is -2.88. The molecule has 0 saturated carbocycles. The topological polar surface area (TPSA) is 94.1 Å². The van der Waals surface area contributed by atoms with E-state index in [1.165, 1.54) is 11.3 Å². The fourth-order valence-corrected chi connectivity index (χ4v) is 6.11. The van der Waals surface area contributed by atoms with E-state index in [4.69, 9.17) is 4.74 Å². The summed E-state index contributed by atoms with van der Waals surface area (Å²) < 4.78 is 33.7. The molecule has 0 unspecified atom stereocenters. The van der Waals surface area contributed by atoms with Crippen molar-refractivity contribution in [3.63, 3.8) is 0 Å². The molecule has 0 bridgehead atoms. The van der Waals surface area contributed by atoms with Crippen molar-refractivity contribution in [2.24, 2.45) is 4.99 Å². The fourth-order valence-electron chi connectivity index (χ4n) is 4.24. The van der Waals surface area contributed by atoms with Gasteiger partial charge in [0.25, 0.3) is 10.0 Å². The van der Waals surface area contributed by atoms with Crippen LogP contribution in [0.25, 0.3) is 0 Å². The van der Waals surface area contributed by atoms with Crippen molar-refractivity contribution in [3.05, 3.63) is 68.9 Å². The Morgan fingerprint density at radius 1 is 1.06 bits per heavy atom. The molecule has 2 aromatic carbocycles. The van der Waals surface area contributed by atoms with Gasteiger partial charge in [-0.05, 0) is 68.0 Å². The average molecular weight is 499 g/mol. The predicted octanol–water partition coefficient (Wildman–Crippen LogP) is 4.06. The Balaban J connectivity index is 1.68. The molecule has 9 heteroatoms. The molecule has 0 aliphatic carbocycles. The highest BCUT2D eigenvalue weighted by atomic mass is 32.2. The van der Waals surface area contributed by atoms with E-state index < -0.39 is 15.9 Å². The summed E-state index contributed by atoms with van der Waals surface area (Å²) in [6, 6.07) is 10.2. The molecule has 1 aliphatic heterocycles. The van der Waals surface area contributed by atoms with Crippen LogP contribution in [0.5, 0.6) is 0 Å². The van der Waals surface area contributed by atoms with Crippen LogP contribution in [-0.2, 0) is 14.8 Å². The number of benzene rings is 2. The van der Waals surface area contributed by atoms with Gasteiger partial charge in [0.2, 0.25) is 0 Å². The molecule has 4 rings (SSSR count). The summed E-state index contributed by atoms with van der Waals surface area (Å²) in [5.41, 5.74) is 5.86. The fraction of sp³-hybridized carbons (Fsp3) is 0.320. The number of sulfonamides is 1. The first kappa shape index (κ1) is 24.3. The molecule has 1 N–H and O–H groups in total. The number of nitrogens with zero attached hydrogens (tertiary/aromatic N) is 2. The summed E-state index contributed by atoms with van der Waals surface area (Å²) in [4.78, 5) is 7.11. The lowest BCUT2D eigenvalue weighted by Gasteiger charge is -2.32. The van der Waals surface area contributed by atoms with E-state index in [1.807, 2.05) is 26.8 Å². The zero-order valence-corrected chi connectivity index (χ0v) is 21.3. The number of hydrogen-bond donors (Lipinski definition) is 1. The van der Waals surface area contributed by atoms with Gasteiger partial charge in [-0.2, -0.15) is 0 Å². The maximum Gasteiger partial charge on any atom is 0.261 e. The smallest absolute Gasteiger partial charge is 0.261 e. The van der Waals surface area contributed by atoms with Gasteiger partial charge in [-0.3, -0.25) is 9.71 Å². The van der Waals surface area contributed by atoms with E-state index in [2.05, 4.69) is 21.5 Å². The van der Waals surface area contributed by atoms with Crippen molar-refractivity contribution in [1.29, 1.82) is 0 Å². The quantitative estimate of drug-likeness (QED) is 0.409. The van der Waals surface area contributed by atoms with Gasteiger partial charge < -0.3 is 14.7 Å². The SMILES string of the molecule is Cc1ccc(S(=O)(=O)Nc2ccsc2C([O-])=Nc2c(C)cc(C)c(N3CCOCC3)c2C)cc1. The highest BCUT2D eigenvalue weighted by molar-refractivity contribution is 7.92. The van der Waals surface area contributed by atoms with Crippen LogP contribution >= 0.6 is 11.3 Å². The lowest BCUT2D eigenvalue weighted by Crippen LogP contribution is -2.37. The van der Waals surface area contributed by atoms with Gasteiger partial charge in [0, 0.05) is 24.7 Å². The largest absolute Gasteiger partial charge is 0.858 e. The van der Waals surface area contributed by atoms with Gasteiger partial charge in [0.1, 0.15) is 0 Å². The van der Waals surface area contributed by atoms with Gasteiger partial charge in [-0.25, -0.2) is 8.42 Å². The second-order valence-electron chi connectivity index (χ2n) is 8.43. The van der Waals surface area contributed by atoms with E-state index in [-0.39, 0.29) is 15.5 Å². The van der Waals surface area contributed by atoms with Crippen molar-refractivity contribution in [3.8, 4) is 0 Å². The lowest BCUT2D eigenvalue weighted by atomic mass is 10.0. The molecule has 0 atom stereocenters. The molecule has 1 aromatic heterocycles. The zero-order chi connectivity index (χ0) is 24.5. The van der Waals surface area contributed by atoms with Gasteiger partial charge in [-0.15, -0.1) is 11.3 Å². The number of nitrogens with one attached hydrogen (secondary N) is 1. The maximum atomic E-state index is 13.2. The van der Waals surface area contributed by atoms with Gasteiger partial charge in [-0.1, -0.05) is 23.8 Å². The van der Waals surface area contributed by atoms with E-state index in [9.17, 15) is 13.5 Å². The van der Waals surface area contributed by atoms with Crippen molar-refractivity contribution in [2.75, 3.05) is 35.9 Å².